The topological polar surface area (TPSA) is 20.3 Å². The van der Waals surface area contributed by atoms with E-state index in [4.69, 9.17) is 0 Å². The van der Waals surface area contributed by atoms with Crippen LogP contribution >= 0.6 is 0 Å². The summed E-state index contributed by atoms with van der Waals surface area (Å²) in [6.07, 6.45) is 3.81. The number of Topliss-reactive ketones (excluding diaryl/α,β-unsaturated/α-hetero) is 1. The average molecular weight is 245 g/mol. The third-order valence-corrected chi connectivity index (χ3v) is 3.88. The van der Waals surface area contributed by atoms with Gasteiger partial charge < -0.3 is 0 Å². The van der Waals surface area contributed by atoms with E-state index in [0.717, 1.165) is 30.1 Å². The first-order chi connectivity index (χ1) is 8.70. The molecular weight excluding hydrogens is 222 g/mol. The lowest BCUT2D eigenvalue weighted by Crippen LogP contribution is -2.28. The fourth-order valence-corrected chi connectivity index (χ4v) is 2.87. The Balaban J connectivity index is 1.91. The monoisotopic (exact) mass is 245 g/mol. The highest BCUT2D eigenvalue weighted by atomic mass is 16.1. The summed E-state index contributed by atoms with van der Waals surface area (Å²) in [7, 11) is 0. The van der Waals surface area contributed by atoms with Crippen LogP contribution in [0.25, 0.3) is 0 Å². The van der Waals surface area contributed by atoms with Gasteiger partial charge in [-0.3, -0.25) is 9.69 Å². The number of likely N-dealkylation sites (tertiary alicyclic amines) is 1. The second-order valence-electron chi connectivity index (χ2n) is 5.42. The summed E-state index contributed by atoms with van der Waals surface area (Å²) in [5.74, 6) is 1.07. The summed E-state index contributed by atoms with van der Waals surface area (Å²) in [6.45, 7) is 7.02. The SMILES string of the molecule is CCCC1CCN(CC(=O)c2ccccc2C)C1. The number of hydrogen-bond acceptors (Lipinski definition) is 2. The molecule has 1 fully saturated rings. The Morgan fingerprint density at radius 2 is 2.17 bits per heavy atom. The van der Waals surface area contributed by atoms with Crippen LogP contribution in [0, 0.1) is 12.8 Å². The molecule has 2 heteroatoms. The van der Waals surface area contributed by atoms with E-state index in [-0.39, 0.29) is 5.78 Å². The molecule has 2 nitrogen and oxygen atoms in total. The van der Waals surface area contributed by atoms with Gasteiger partial charge in [0.2, 0.25) is 0 Å². The van der Waals surface area contributed by atoms with Gasteiger partial charge in [-0.15, -0.1) is 0 Å². The van der Waals surface area contributed by atoms with Gasteiger partial charge in [-0.2, -0.15) is 0 Å². The number of benzene rings is 1. The zero-order chi connectivity index (χ0) is 13.0. The maximum absolute atomic E-state index is 12.2. The molecule has 18 heavy (non-hydrogen) atoms. The molecule has 1 saturated heterocycles. The highest BCUT2D eigenvalue weighted by molar-refractivity contribution is 5.98. The number of carbonyl (C=O) groups is 1. The third-order valence-electron chi connectivity index (χ3n) is 3.88. The maximum Gasteiger partial charge on any atom is 0.177 e. The molecule has 0 saturated carbocycles. The van der Waals surface area contributed by atoms with Gasteiger partial charge in [0.15, 0.2) is 5.78 Å². The van der Waals surface area contributed by atoms with Gasteiger partial charge in [-0.25, -0.2) is 0 Å². The van der Waals surface area contributed by atoms with Crippen molar-refractivity contribution in [2.75, 3.05) is 19.6 Å². The fraction of sp³-hybridized carbons (Fsp3) is 0.562. The molecule has 1 aromatic carbocycles. The highest BCUT2D eigenvalue weighted by Gasteiger charge is 2.23. The lowest BCUT2D eigenvalue weighted by Gasteiger charge is -2.15. The van der Waals surface area contributed by atoms with Crippen molar-refractivity contribution in [2.45, 2.75) is 33.1 Å². The smallest absolute Gasteiger partial charge is 0.177 e. The first kappa shape index (κ1) is 13.3. The Kier molecular flexibility index (Phi) is 4.54. The number of hydrogen-bond donors (Lipinski definition) is 0. The lowest BCUT2D eigenvalue weighted by atomic mass is 10.0. The van der Waals surface area contributed by atoms with Crippen LogP contribution in [0.1, 0.15) is 42.1 Å². The molecular formula is C16H23NO. The minimum absolute atomic E-state index is 0.269. The van der Waals surface area contributed by atoms with Crippen molar-refractivity contribution in [3.63, 3.8) is 0 Å². The maximum atomic E-state index is 12.2. The van der Waals surface area contributed by atoms with Crippen LogP contribution in [0.4, 0.5) is 0 Å². The van der Waals surface area contributed by atoms with Crippen LogP contribution in [-0.4, -0.2) is 30.3 Å². The standard InChI is InChI=1S/C16H23NO/c1-3-6-14-9-10-17(11-14)12-16(18)15-8-5-4-7-13(15)2/h4-5,7-8,14H,3,6,9-12H2,1-2H3. The Bertz CT molecular complexity index is 413. The Labute approximate surface area is 110 Å². The highest BCUT2D eigenvalue weighted by Crippen LogP contribution is 2.21. The van der Waals surface area contributed by atoms with E-state index in [1.165, 1.54) is 19.3 Å². The summed E-state index contributed by atoms with van der Waals surface area (Å²) in [5.41, 5.74) is 1.98. The predicted octanol–water partition coefficient (Wildman–Crippen LogP) is 3.30. The first-order valence-electron chi connectivity index (χ1n) is 7.02. The molecule has 0 spiro atoms. The van der Waals surface area contributed by atoms with Crippen LogP contribution in [-0.2, 0) is 0 Å². The van der Waals surface area contributed by atoms with Crippen molar-refractivity contribution in [3.05, 3.63) is 35.4 Å². The quantitative estimate of drug-likeness (QED) is 0.742. The molecule has 1 aromatic rings. The summed E-state index contributed by atoms with van der Waals surface area (Å²) < 4.78 is 0. The molecule has 0 radical (unpaired) electrons. The van der Waals surface area contributed by atoms with E-state index in [9.17, 15) is 4.79 Å². The molecule has 0 amide bonds. The second-order valence-corrected chi connectivity index (χ2v) is 5.42. The van der Waals surface area contributed by atoms with Crippen LogP contribution in [0.3, 0.4) is 0 Å². The number of nitrogens with zero attached hydrogens (tertiary/aromatic N) is 1. The second kappa shape index (κ2) is 6.14. The number of ketones is 1. The zero-order valence-corrected chi connectivity index (χ0v) is 11.5. The van der Waals surface area contributed by atoms with Crippen LogP contribution in [0.5, 0.6) is 0 Å². The van der Waals surface area contributed by atoms with Crippen LogP contribution < -0.4 is 0 Å². The van der Waals surface area contributed by atoms with E-state index in [1.54, 1.807) is 0 Å². The summed E-state index contributed by atoms with van der Waals surface area (Å²) in [5, 5.41) is 0. The molecule has 0 N–H and O–H groups in total. The van der Waals surface area contributed by atoms with Crippen molar-refractivity contribution in [1.82, 2.24) is 4.90 Å². The number of carbonyl (C=O) groups excluding carboxylic acids is 1. The van der Waals surface area contributed by atoms with Crippen molar-refractivity contribution in [3.8, 4) is 0 Å². The van der Waals surface area contributed by atoms with Crippen molar-refractivity contribution in [1.29, 1.82) is 0 Å². The van der Waals surface area contributed by atoms with Gasteiger partial charge in [0.1, 0.15) is 0 Å². The van der Waals surface area contributed by atoms with Crippen molar-refractivity contribution < 1.29 is 4.79 Å². The van der Waals surface area contributed by atoms with E-state index in [2.05, 4.69) is 11.8 Å². The fourth-order valence-electron chi connectivity index (χ4n) is 2.87. The van der Waals surface area contributed by atoms with Crippen LogP contribution in [0.2, 0.25) is 0 Å². The van der Waals surface area contributed by atoms with Gasteiger partial charge in [0.05, 0.1) is 6.54 Å². The normalized spacial score (nSPS) is 20.2. The lowest BCUT2D eigenvalue weighted by molar-refractivity contribution is 0.0942. The summed E-state index contributed by atoms with van der Waals surface area (Å²) in [6, 6.07) is 7.89. The molecule has 0 bridgehead atoms. The number of rotatable bonds is 5. The van der Waals surface area contributed by atoms with Gasteiger partial charge in [0.25, 0.3) is 0 Å². The van der Waals surface area contributed by atoms with Crippen molar-refractivity contribution >= 4 is 5.78 Å². The zero-order valence-electron chi connectivity index (χ0n) is 11.5. The number of aryl methyl sites for hydroxylation is 1. The predicted molar refractivity (Wildman–Crippen MR) is 75.0 cm³/mol. The Morgan fingerprint density at radius 3 is 2.89 bits per heavy atom. The first-order valence-corrected chi connectivity index (χ1v) is 7.02. The summed E-state index contributed by atoms with van der Waals surface area (Å²) >= 11 is 0. The third kappa shape index (κ3) is 3.20. The van der Waals surface area contributed by atoms with Crippen LogP contribution in [0.15, 0.2) is 24.3 Å². The van der Waals surface area contributed by atoms with E-state index < -0.39 is 0 Å². The molecule has 0 aromatic heterocycles. The Morgan fingerprint density at radius 1 is 1.39 bits per heavy atom. The van der Waals surface area contributed by atoms with Gasteiger partial charge in [0, 0.05) is 12.1 Å². The summed E-state index contributed by atoms with van der Waals surface area (Å²) in [4.78, 5) is 14.6. The molecule has 2 rings (SSSR count). The Hall–Kier alpha value is -1.15. The molecule has 1 aliphatic heterocycles. The largest absolute Gasteiger partial charge is 0.296 e. The van der Waals surface area contributed by atoms with Crippen molar-refractivity contribution in [2.24, 2.45) is 5.92 Å². The minimum atomic E-state index is 0.269. The van der Waals surface area contributed by atoms with E-state index in [0.29, 0.717) is 6.54 Å². The van der Waals surface area contributed by atoms with E-state index in [1.807, 2.05) is 31.2 Å². The molecule has 0 aliphatic carbocycles. The van der Waals surface area contributed by atoms with Gasteiger partial charge >= 0.3 is 0 Å². The molecule has 1 heterocycles. The van der Waals surface area contributed by atoms with Gasteiger partial charge in [-0.1, -0.05) is 37.6 Å². The molecule has 1 atom stereocenters. The molecule has 1 aliphatic rings. The van der Waals surface area contributed by atoms with Gasteiger partial charge in [-0.05, 0) is 37.8 Å². The minimum Gasteiger partial charge on any atom is -0.296 e. The molecule has 1 unspecified atom stereocenters. The van der Waals surface area contributed by atoms with E-state index >= 15 is 0 Å². The average Bonchev–Trinajstić information content (AvgIpc) is 2.77. The molecule has 98 valence electrons.